The number of hydrogen-bond acceptors (Lipinski definition) is 3. The topological polar surface area (TPSA) is 58.6 Å². The van der Waals surface area contributed by atoms with E-state index >= 15 is 0 Å². The lowest BCUT2D eigenvalue weighted by Gasteiger charge is -2.30. The molecule has 0 heterocycles. The van der Waals surface area contributed by atoms with Gasteiger partial charge in [0.25, 0.3) is 0 Å². The van der Waals surface area contributed by atoms with E-state index in [0.29, 0.717) is 31.0 Å². The Morgan fingerprint density at radius 2 is 1.75 bits per heavy atom. The zero-order valence-corrected chi connectivity index (χ0v) is 19.7. The summed E-state index contributed by atoms with van der Waals surface area (Å²) in [5, 5.41) is 3.77. The molecule has 2 aromatic carbocycles. The molecule has 6 heteroatoms. The zero-order chi connectivity index (χ0) is 22.9. The summed E-state index contributed by atoms with van der Waals surface area (Å²) in [5.74, 6) is 0.655. The van der Waals surface area contributed by atoms with Gasteiger partial charge in [0.2, 0.25) is 11.8 Å². The summed E-state index contributed by atoms with van der Waals surface area (Å²) in [5.41, 5.74) is 2.12. The second kappa shape index (κ2) is 11.9. The van der Waals surface area contributed by atoms with Crippen LogP contribution in [0.3, 0.4) is 0 Å². The summed E-state index contributed by atoms with van der Waals surface area (Å²) in [6.07, 6.45) is 5.22. The molecule has 0 spiro atoms. The number of ether oxygens (including phenoxy) is 1. The lowest BCUT2D eigenvalue weighted by Crippen LogP contribution is -2.49. The molecule has 1 aliphatic rings. The van der Waals surface area contributed by atoms with E-state index in [2.05, 4.69) is 5.32 Å². The van der Waals surface area contributed by atoms with Gasteiger partial charge in [0, 0.05) is 24.0 Å². The number of carbonyl (C=O) groups excluding carboxylic acids is 2. The van der Waals surface area contributed by atoms with E-state index in [-0.39, 0.29) is 17.9 Å². The molecule has 172 valence electrons. The van der Waals surface area contributed by atoms with Crippen LogP contribution in [0.2, 0.25) is 5.02 Å². The first-order chi connectivity index (χ1) is 15.4. The van der Waals surface area contributed by atoms with Crippen LogP contribution in [0.25, 0.3) is 0 Å². The molecule has 2 amide bonds. The van der Waals surface area contributed by atoms with E-state index in [1.54, 1.807) is 24.0 Å². The fourth-order valence-corrected chi connectivity index (χ4v) is 4.08. The Labute approximate surface area is 196 Å². The van der Waals surface area contributed by atoms with Gasteiger partial charge in [-0.1, -0.05) is 54.3 Å². The van der Waals surface area contributed by atoms with Crippen molar-refractivity contribution >= 4 is 23.4 Å². The smallest absolute Gasteiger partial charge is 0.242 e. The molecular weight excluding hydrogens is 424 g/mol. The zero-order valence-electron chi connectivity index (χ0n) is 19.0. The highest BCUT2D eigenvalue weighted by Gasteiger charge is 2.28. The summed E-state index contributed by atoms with van der Waals surface area (Å²) in [4.78, 5) is 27.7. The lowest BCUT2D eigenvalue weighted by molar-refractivity contribution is -0.141. The van der Waals surface area contributed by atoms with Crippen LogP contribution in [0.5, 0.6) is 5.75 Å². The Bertz CT molecular complexity index is 877. The standard InChI is InChI=1S/C26H33ClN2O3/c1-19-9-15-24(16-10-19)32-17-5-8-25(30)29(18-21-11-13-22(27)14-12-21)20(2)26(31)28-23-6-3-4-7-23/h9-16,20,23H,3-8,17-18H2,1-2H3,(H,28,31)/t20-/m0/s1. The monoisotopic (exact) mass is 456 g/mol. The molecule has 32 heavy (non-hydrogen) atoms. The Morgan fingerprint density at radius 3 is 2.41 bits per heavy atom. The van der Waals surface area contributed by atoms with E-state index in [0.717, 1.165) is 37.0 Å². The molecule has 1 saturated carbocycles. The molecule has 0 bridgehead atoms. The molecule has 0 saturated heterocycles. The number of hydrogen-bond donors (Lipinski definition) is 1. The molecular formula is C26H33ClN2O3. The lowest BCUT2D eigenvalue weighted by atomic mass is 10.1. The minimum absolute atomic E-state index is 0.0541. The average Bonchev–Trinajstić information content (AvgIpc) is 3.30. The van der Waals surface area contributed by atoms with Gasteiger partial charge in [-0.15, -0.1) is 0 Å². The van der Waals surface area contributed by atoms with Crippen molar-refractivity contribution in [2.75, 3.05) is 6.61 Å². The van der Waals surface area contributed by atoms with Gasteiger partial charge >= 0.3 is 0 Å². The van der Waals surface area contributed by atoms with Crippen LogP contribution >= 0.6 is 11.6 Å². The van der Waals surface area contributed by atoms with E-state index in [1.807, 2.05) is 43.3 Å². The fraction of sp³-hybridized carbons (Fsp3) is 0.462. The van der Waals surface area contributed by atoms with E-state index in [4.69, 9.17) is 16.3 Å². The highest BCUT2D eigenvalue weighted by Crippen LogP contribution is 2.19. The van der Waals surface area contributed by atoms with Crippen LogP contribution in [0, 0.1) is 6.92 Å². The maximum Gasteiger partial charge on any atom is 0.242 e. The van der Waals surface area contributed by atoms with Gasteiger partial charge in [-0.05, 0) is 62.9 Å². The number of benzene rings is 2. The number of amides is 2. The molecule has 0 unspecified atom stereocenters. The van der Waals surface area contributed by atoms with E-state index in [9.17, 15) is 9.59 Å². The second-order valence-corrected chi connectivity index (χ2v) is 9.02. The van der Waals surface area contributed by atoms with Crippen molar-refractivity contribution in [3.63, 3.8) is 0 Å². The molecule has 0 aromatic heterocycles. The summed E-state index contributed by atoms with van der Waals surface area (Å²) in [6, 6.07) is 14.9. The van der Waals surface area contributed by atoms with Gasteiger partial charge in [0.15, 0.2) is 0 Å². The molecule has 5 nitrogen and oxygen atoms in total. The fourth-order valence-electron chi connectivity index (χ4n) is 3.95. The number of halogens is 1. The number of carbonyl (C=O) groups is 2. The normalized spacial score (nSPS) is 14.7. The summed E-state index contributed by atoms with van der Waals surface area (Å²) < 4.78 is 5.75. The maximum atomic E-state index is 13.1. The van der Waals surface area contributed by atoms with E-state index < -0.39 is 6.04 Å². The molecule has 2 aromatic rings. The van der Waals surface area contributed by atoms with Crippen molar-refractivity contribution in [2.24, 2.45) is 0 Å². The predicted molar refractivity (Wildman–Crippen MR) is 128 cm³/mol. The van der Waals surface area contributed by atoms with Crippen molar-refractivity contribution in [3.05, 3.63) is 64.7 Å². The van der Waals surface area contributed by atoms with E-state index in [1.165, 1.54) is 5.56 Å². The minimum Gasteiger partial charge on any atom is -0.494 e. The summed E-state index contributed by atoms with van der Waals surface area (Å²) in [7, 11) is 0. The van der Waals surface area contributed by atoms with Gasteiger partial charge in [0.05, 0.1) is 6.61 Å². The van der Waals surface area contributed by atoms with Crippen molar-refractivity contribution in [2.45, 2.75) is 71.0 Å². The SMILES string of the molecule is Cc1ccc(OCCCC(=O)N(Cc2ccc(Cl)cc2)[C@@H](C)C(=O)NC2CCCC2)cc1. The Balaban J connectivity index is 1.59. The Hall–Kier alpha value is -2.53. The van der Waals surface area contributed by atoms with Crippen molar-refractivity contribution in [1.29, 1.82) is 0 Å². The van der Waals surface area contributed by atoms with Crippen LogP contribution < -0.4 is 10.1 Å². The molecule has 0 aliphatic heterocycles. The number of aryl methyl sites for hydroxylation is 1. The van der Waals surface area contributed by atoms with Crippen LogP contribution in [-0.4, -0.2) is 35.4 Å². The largest absolute Gasteiger partial charge is 0.494 e. The quantitative estimate of drug-likeness (QED) is 0.494. The third-order valence-electron chi connectivity index (χ3n) is 5.96. The Morgan fingerprint density at radius 1 is 1.09 bits per heavy atom. The first-order valence-corrected chi connectivity index (χ1v) is 11.8. The molecule has 1 aliphatic carbocycles. The van der Waals surface area contributed by atoms with Crippen LogP contribution in [-0.2, 0) is 16.1 Å². The molecule has 1 N–H and O–H groups in total. The third kappa shape index (κ3) is 7.27. The molecule has 0 radical (unpaired) electrons. The van der Waals surface area contributed by atoms with Gasteiger partial charge in [-0.2, -0.15) is 0 Å². The van der Waals surface area contributed by atoms with Gasteiger partial charge in [0.1, 0.15) is 11.8 Å². The number of rotatable bonds is 10. The Kier molecular flexibility index (Phi) is 8.98. The third-order valence-corrected chi connectivity index (χ3v) is 6.21. The van der Waals surface area contributed by atoms with Crippen LogP contribution in [0.4, 0.5) is 0 Å². The number of nitrogens with one attached hydrogen (secondary N) is 1. The average molecular weight is 457 g/mol. The minimum atomic E-state index is -0.545. The van der Waals surface area contributed by atoms with Crippen molar-refractivity contribution in [1.82, 2.24) is 10.2 Å². The van der Waals surface area contributed by atoms with Crippen molar-refractivity contribution < 1.29 is 14.3 Å². The highest BCUT2D eigenvalue weighted by molar-refractivity contribution is 6.30. The molecule has 1 fully saturated rings. The molecule has 3 rings (SSSR count). The second-order valence-electron chi connectivity index (χ2n) is 8.58. The van der Waals surface area contributed by atoms with Gasteiger partial charge < -0.3 is 15.0 Å². The maximum absolute atomic E-state index is 13.1. The molecule has 1 atom stereocenters. The van der Waals surface area contributed by atoms with Crippen LogP contribution in [0.15, 0.2) is 48.5 Å². The summed E-state index contributed by atoms with van der Waals surface area (Å²) in [6.45, 7) is 4.66. The first-order valence-electron chi connectivity index (χ1n) is 11.5. The first kappa shape index (κ1) is 24.1. The predicted octanol–water partition coefficient (Wildman–Crippen LogP) is 5.28. The van der Waals surface area contributed by atoms with Crippen LogP contribution in [0.1, 0.15) is 56.6 Å². The van der Waals surface area contributed by atoms with Gasteiger partial charge in [-0.25, -0.2) is 0 Å². The number of nitrogens with zero attached hydrogens (tertiary/aromatic N) is 1. The highest BCUT2D eigenvalue weighted by atomic mass is 35.5. The van der Waals surface area contributed by atoms with Crippen molar-refractivity contribution in [3.8, 4) is 5.75 Å². The van der Waals surface area contributed by atoms with Gasteiger partial charge in [-0.3, -0.25) is 9.59 Å². The summed E-state index contributed by atoms with van der Waals surface area (Å²) >= 11 is 6.00.